The predicted octanol–water partition coefficient (Wildman–Crippen LogP) is 3.60. The van der Waals surface area contributed by atoms with Crippen molar-refractivity contribution in [3.8, 4) is 17.3 Å². The third-order valence-electron chi connectivity index (χ3n) is 2.84. The molecule has 0 amide bonds. The van der Waals surface area contributed by atoms with Crippen LogP contribution >= 0.6 is 0 Å². The molecule has 0 spiro atoms. The lowest BCUT2D eigenvalue weighted by atomic mass is 10.1. The van der Waals surface area contributed by atoms with Crippen molar-refractivity contribution in [3.63, 3.8) is 0 Å². The summed E-state index contributed by atoms with van der Waals surface area (Å²) in [6.07, 6.45) is 1.55. The maximum Gasteiger partial charge on any atom is 0.173 e. The molecular formula is C16H16N4. The van der Waals surface area contributed by atoms with Crippen molar-refractivity contribution in [2.45, 2.75) is 20.8 Å². The Morgan fingerprint density at radius 3 is 2.50 bits per heavy atom. The van der Waals surface area contributed by atoms with Crippen LogP contribution in [0.2, 0.25) is 0 Å². The Kier molecular flexibility index (Phi) is 4.11. The van der Waals surface area contributed by atoms with E-state index in [-0.39, 0.29) is 0 Å². The molecule has 1 aromatic carbocycles. The van der Waals surface area contributed by atoms with E-state index in [1.54, 1.807) is 10.7 Å². The number of nitriles is 1. The minimum atomic E-state index is 0.496. The Morgan fingerprint density at radius 2 is 1.85 bits per heavy atom. The zero-order valence-electron chi connectivity index (χ0n) is 11.8. The average molecular weight is 264 g/mol. The normalized spacial score (nSPS) is 9.70. The molecule has 3 aromatic rings. The molecule has 0 aliphatic heterocycles. The van der Waals surface area contributed by atoms with Gasteiger partial charge in [0.05, 0.1) is 11.9 Å². The second kappa shape index (κ2) is 5.98. The monoisotopic (exact) mass is 264 g/mol. The molecular weight excluding hydrogens is 248 g/mol. The molecule has 0 radical (unpaired) electrons. The highest BCUT2D eigenvalue weighted by Gasteiger charge is 2.09. The van der Waals surface area contributed by atoms with E-state index in [1.165, 1.54) is 0 Å². The zero-order chi connectivity index (χ0) is 14.5. The van der Waals surface area contributed by atoms with Gasteiger partial charge in [0.2, 0.25) is 0 Å². The molecule has 0 N–H and O–H groups in total. The molecule has 0 unspecified atom stereocenters. The van der Waals surface area contributed by atoms with Gasteiger partial charge in [-0.05, 0) is 13.0 Å². The summed E-state index contributed by atoms with van der Waals surface area (Å²) in [5.41, 5.74) is 3.96. The number of hydrogen-bond acceptors (Lipinski definition) is 3. The first kappa shape index (κ1) is 13.8. The quantitative estimate of drug-likeness (QED) is 0.674. The van der Waals surface area contributed by atoms with Crippen molar-refractivity contribution >= 4 is 5.65 Å². The highest BCUT2D eigenvalue weighted by atomic mass is 15.2. The first-order valence-electron chi connectivity index (χ1n) is 6.60. The number of aryl methyl sites for hydroxylation is 1. The second-order valence-corrected chi connectivity index (χ2v) is 4.05. The Hall–Kier alpha value is -2.67. The van der Waals surface area contributed by atoms with E-state index in [0.717, 1.165) is 17.0 Å². The molecule has 0 bridgehead atoms. The van der Waals surface area contributed by atoms with Crippen molar-refractivity contribution in [3.05, 3.63) is 53.9 Å². The summed E-state index contributed by atoms with van der Waals surface area (Å²) in [6, 6.07) is 14.0. The number of fused-ring (bicyclic) bond motifs is 1. The van der Waals surface area contributed by atoms with Crippen molar-refractivity contribution in [2.24, 2.45) is 0 Å². The molecule has 100 valence electrons. The number of rotatable bonds is 1. The van der Waals surface area contributed by atoms with E-state index in [9.17, 15) is 0 Å². The third-order valence-corrected chi connectivity index (χ3v) is 2.84. The fourth-order valence-electron chi connectivity index (χ4n) is 1.95. The summed E-state index contributed by atoms with van der Waals surface area (Å²) >= 11 is 0. The van der Waals surface area contributed by atoms with Gasteiger partial charge in [-0.2, -0.15) is 10.4 Å². The molecule has 4 heteroatoms. The van der Waals surface area contributed by atoms with Gasteiger partial charge in [-0.15, -0.1) is 0 Å². The van der Waals surface area contributed by atoms with Gasteiger partial charge in [-0.25, -0.2) is 9.50 Å². The summed E-state index contributed by atoms with van der Waals surface area (Å²) in [5.74, 6) is 0. The third kappa shape index (κ3) is 2.39. The highest BCUT2D eigenvalue weighted by Crippen LogP contribution is 2.20. The lowest BCUT2D eigenvalue weighted by Gasteiger charge is -2.04. The van der Waals surface area contributed by atoms with Crippen LogP contribution < -0.4 is 0 Å². The predicted molar refractivity (Wildman–Crippen MR) is 79.2 cm³/mol. The molecule has 3 rings (SSSR count). The number of aromatic nitrogens is 3. The molecule has 2 aromatic heterocycles. The van der Waals surface area contributed by atoms with Crippen LogP contribution in [-0.4, -0.2) is 14.6 Å². The number of nitrogens with zero attached hydrogens (tertiary/aromatic N) is 4. The van der Waals surface area contributed by atoms with Gasteiger partial charge in [-0.1, -0.05) is 44.2 Å². The van der Waals surface area contributed by atoms with E-state index in [4.69, 9.17) is 5.26 Å². The summed E-state index contributed by atoms with van der Waals surface area (Å²) in [4.78, 5) is 4.52. The van der Waals surface area contributed by atoms with Crippen LogP contribution in [0.15, 0.2) is 42.6 Å². The van der Waals surface area contributed by atoms with Gasteiger partial charge < -0.3 is 0 Å². The molecule has 0 aliphatic rings. The minimum Gasteiger partial charge on any atom is -0.227 e. The molecule has 0 saturated heterocycles. The van der Waals surface area contributed by atoms with Gasteiger partial charge in [0.15, 0.2) is 5.65 Å². The topological polar surface area (TPSA) is 54.0 Å². The largest absolute Gasteiger partial charge is 0.227 e. The summed E-state index contributed by atoms with van der Waals surface area (Å²) in [7, 11) is 0. The smallest absolute Gasteiger partial charge is 0.173 e. The van der Waals surface area contributed by atoms with Crippen LogP contribution in [0.1, 0.15) is 25.1 Å². The maximum atomic E-state index is 9.03. The van der Waals surface area contributed by atoms with E-state index in [0.29, 0.717) is 11.2 Å². The van der Waals surface area contributed by atoms with Crippen molar-refractivity contribution in [1.82, 2.24) is 14.6 Å². The number of hydrogen-bond donors (Lipinski definition) is 0. The Labute approximate surface area is 118 Å². The van der Waals surface area contributed by atoms with Crippen LogP contribution in [0.25, 0.3) is 16.9 Å². The standard InChI is InChI=1S/C14H10N4.C2H6/c1-10-7-13(11-5-3-2-4-6-11)17-14-12(8-15)9-16-18(10)14;1-2/h2-7,9H,1H3;1-2H3. The van der Waals surface area contributed by atoms with E-state index in [1.807, 2.05) is 57.2 Å². The van der Waals surface area contributed by atoms with E-state index < -0.39 is 0 Å². The van der Waals surface area contributed by atoms with E-state index in [2.05, 4.69) is 16.2 Å². The van der Waals surface area contributed by atoms with Crippen LogP contribution in [-0.2, 0) is 0 Å². The fourth-order valence-corrected chi connectivity index (χ4v) is 1.95. The van der Waals surface area contributed by atoms with Crippen LogP contribution in [0.3, 0.4) is 0 Å². The molecule has 0 atom stereocenters. The molecule has 0 saturated carbocycles. The fraction of sp³-hybridized carbons (Fsp3) is 0.188. The van der Waals surface area contributed by atoms with Gasteiger partial charge in [0, 0.05) is 11.3 Å². The summed E-state index contributed by atoms with van der Waals surface area (Å²) < 4.78 is 1.69. The highest BCUT2D eigenvalue weighted by molar-refractivity contribution is 5.65. The lowest BCUT2D eigenvalue weighted by molar-refractivity contribution is 0.896. The molecule has 2 heterocycles. The van der Waals surface area contributed by atoms with Crippen molar-refractivity contribution < 1.29 is 0 Å². The lowest BCUT2D eigenvalue weighted by Crippen LogP contribution is -1.97. The molecule has 0 fully saturated rings. The number of benzene rings is 1. The maximum absolute atomic E-state index is 9.03. The molecule has 20 heavy (non-hydrogen) atoms. The van der Waals surface area contributed by atoms with Gasteiger partial charge in [0.1, 0.15) is 11.6 Å². The zero-order valence-corrected chi connectivity index (χ0v) is 11.8. The average Bonchev–Trinajstić information content (AvgIpc) is 2.94. The van der Waals surface area contributed by atoms with Crippen LogP contribution in [0.4, 0.5) is 0 Å². The molecule has 4 nitrogen and oxygen atoms in total. The second-order valence-electron chi connectivity index (χ2n) is 4.05. The Morgan fingerprint density at radius 1 is 1.15 bits per heavy atom. The first-order chi connectivity index (χ1) is 9.79. The van der Waals surface area contributed by atoms with Gasteiger partial charge >= 0.3 is 0 Å². The van der Waals surface area contributed by atoms with E-state index >= 15 is 0 Å². The summed E-state index contributed by atoms with van der Waals surface area (Å²) in [5, 5.41) is 13.2. The van der Waals surface area contributed by atoms with Crippen LogP contribution in [0, 0.1) is 18.3 Å². The SMILES string of the molecule is CC.Cc1cc(-c2ccccc2)nc2c(C#N)cnn12. The van der Waals surface area contributed by atoms with Crippen molar-refractivity contribution in [1.29, 1.82) is 5.26 Å². The first-order valence-corrected chi connectivity index (χ1v) is 6.60. The van der Waals surface area contributed by atoms with Crippen molar-refractivity contribution in [2.75, 3.05) is 0 Å². The molecule has 0 aliphatic carbocycles. The van der Waals surface area contributed by atoms with Crippen LogP contribution in [0.5, 0.6) is 0 Å². The minimum absolute atomic E-state index is 0.496. The van der Waals surface area contributed by atoms with Gasteiger partial charge in [-0.3, -0.25) is 0 Å². The Balaban J connectivity index is 0.000000704. The Bertz CT molecular complexity index is 751. The summed E-state index contributed by atoms with van der Waals surface area (Å²) in [6.45, 7) is 5.95. The van der Waals surface area contributed by atoms with Gasteiger partial charge in [0.25, 0.3) is 0 Å².